The van der Waals surface area contributed by atoms with Crippen LogP contribution in [0, 0.1) is 5.92 Å². The molecule has 1 heterocycles. The van der Waals surface area contributed by atoms with Crippen molar-refractivity contribution in [3.8, 4) is 0 Å². The summed E-state index contributed by atoms with van der Waals surface area (Å²) in [4.78, 5) is 13.9. The van der Waals surface area contributed by atoms with E-state index in [1.54, 1.807) is 11.3 Å². The van der Waals surface area contributed by atoms with Crippen LogP contribution in [0.3, 0.4) is 0 Å². The van der Waals surface area contributed by atoms with Crippen molar-refractivity contribution < 1.29 is 4.79 Å². The van der Waals surface area contributed by atoms with Crippen LogP contribution in [0.25, 0.3) is 6.08 Å². The third-order valence-corrected chi connectivity index (χ3v) is 7.49. The Balaban J connectivity index is 1.70. The fourth-order valence-electron chi connectivity index (χ4n) is 3.95. The van der Waals surface area contributed by atoms with Crippen LogP contribution in [0.4, 0.5) is 0 Å². The minimum absolute atomic E-state index is 0.0334. The highest BCUT2D eigenvalue weighted by atomic mass is 79.9. The summed E-state index contributed by atoms with van der Waals surface area (Å²) in [7, 11) is 0. The van der Waals surface area contributed by atoms with E-state index in [-0.39, 0.29) is 11.7 Å². The Labute approximate surface area is 202 Å². The third kappa shape index (κ3) is 10.8. The van der Waals surface area contributed by atoms with Gasteiger partial charge in [-0.1, -0.05) is 136 Å². The SMILES string of the molecule is CCCCCCCCCCCCCCC(/C=C/c1ccccc1Br)C(=O)c1cccs1. The Hall–Kier alpha value is -1.19. The topological polar surface area (TPSA) is 17.1 Å². The molecule has 3 heteroatoms. The number of allylic oxidation sites excluding steroid dienone is 1. The maximum absolute atomic E-state index is 13.0. The van der Waals surface area contributed by atoms with Gasteiger partial charge in [-0.3, -0.25) is 4.79 Å². The van der Waals surface area contributed by atoms with E-state index in [9.17, 15) is 4.79 Å². The molecule has 0 amide bonds. The molecule has 0 aliphatic carbocycles. The van der Waals surface area contributed by atoms with E-state index in [1.807, 2.05) is 35.7 Å². The van der Waals surface area contributed by atoms with Crippen LogP contribution in [0.5, 0.6) is 0 Å². The fraction of sp³-hybridized carbons (Fsp3) is 0.536. The number of rotatable bonds is 17. The number of unbranched alkanes of at least 4 members (excludes halogenated alkanes) is 11. The van der Waals surface area contributed by atoms with Crippen LogP contribution in [-0.4, -0.2) is 5.78 Å². The van der Waals surface area contributed by atoms with E-state index >= 15 is 0 Å². The van der Waals surface area contributed by atoms with E-state index in [0.29, 0.717) is 0 Å². The zero-order valence-electron chi connectivity index (χ0n) is 19.2. The minimum Gasteiger partial charge on any atom is -0.293 e. The first-order valence-electron chi connectivity index (χ1n) is 12.2. The van der Waals surface area contributed by atoms with E-state index in [0.717, 1.165) is 27.8 Å². The van der Waals surface area contributed by atoms with Gasteiger partial charge in [0.1, 0.15) is 0 Å². The van der Waals surface area contributed by atoms with Crippen LogP contribution in [0.15, 0.2) is 52.3 Å². The molecule has 1 unspecified atom stereocenters. The van der Waals surface area contributed by atoms with E-state index in [1.165, 1.54) is 70.6 Å². The van der Waals surface area contributed by atoms with E-state index in [2.05, 4.69) is 41.1 Å². The summed E-state index contributed by atoms with van der Waals surface area (Å²) in [6, 6.07) is 12.1. The molecular formula is C28H39BrOS. The van der Waals surface area contributed by atoms with Crippen LogP contribution in [0.2, 0.25) is 0 Å². The monoisotopic (exact) mass is 502 g/mol. The number of hydrogen-bond donors (Lipinski definition) is 0. The molecule has 0 fully saturated rings. The molecule has 1 aromatic carbocycles. The molecule has 170 valence electrons. The van der Waals surface area contributed by atoms with Crippen molar-refractivity contribution >= 4 is 39.1 Å². The second kappa shape index (κ2) is 16.4. The summed E-state index contributed by atoms with van der Waals surface area (Å²) in [5.74, 6) is 0.232. The standard InChI is InChI=1S/C28H39BrOS/c1-2-3-4-5-6-7-8-9-10-11-12-13-18-25(28(30)27-20-16-23-31-27)22-21-24-17-14-15-19-26(24)29/h14-17,19-23,25H,2-13,18H2,1H3/b22-21+. The number of ketones is 1. The van der Waals surface area contributed by atoms with Crippen molar-refractivity contribution in [2.24, 2.45) is 5.92 Å². The predicted molar refractivity (Wildman–Crippen MR) is 141 cm³/mol. The number of carbonyl (C=O) groups excluding carboxylic acids is 1. The van der Waals surface area contributed by atoms with Crippen LogP contribution >= 0.6 is 27.3 Å². The molecule has 0 N–H and O–H groups in total. The van der Waals surface area contributed by atoms with Crippen molar-refractivity contribution in [1.82, 2.24) is 0 Å². The van der Waals surface area contributed by atoms with E-state index in [4.69, 9.17) is 0 Å². The lowest BCUT2D eigenvalue weighted by Crippen LogP contribution is -2.11. The quantitative estimate of drug-likeness (QED) is 0.155. The van der Waals surface area contributed by atoms with Gasteiger partial charge >= 0.3 is 0 Å². The molecule has 31 heavy (non-hydrogen) atoms. The first-order valence-corrected chi connectivity index (χ1v) is 13.9. The van der Waals surface area contributed by atoms with Crippen molar-refractivity contribution in [1.29, 1.82) is 0 Å². The number of hydrogen-bond acceptors (Lipinski definition) is 2. The molecular weight excluding hydrogens is 464 g/mol. The van der Waals surface area contributed by atoms with Crippen LogP contribution in [0.1, 0.15) is 106 Å². The summed E-state index contributed by atoms with van der Waals surface area (Å²) in [6.45, 7) is 2.28. The second-order valence-electron chi connectivity index (χ2n) is 8.51. The smallest absolute Gasteiger partial charge is 0.179 e. The van der Waals surface area contributed by atoms with Gasteiger partial charge in [-0.2, -0.15) is 0 Å². The molecule has 1 aromatic heterocycles. The molecule has 1 nitrogen and oxygen atoms in total. The maximum Gasteiger partial charge on any atom is 0.179 e. The Morgan fingerprint density at radius 1 is 0.871 bits per heavy atom. The fourth-order valence-corrected chi connectivity index (χ4v) is 5.10. The van der Waals surface area contributed by atoms with Crippen LogP contribution in [-0.2, 0) is 0 Å². The lowest BCUT2D eigenvalue weighted by atomic mass is 9.94. The molecule has 0 saturated heterocycles. The molecule has 0 radical (unpaired) electrons. The van der Waals surface area contributed by atoms with Gasteiger partial charge in [-0.15, -0.1) is 11.3 Å². The summed E-state index contributed by atoms with van der Waals surface area (Å²) in [6.07, 6.45) is 21.3. The molecule has 2 aromatic rings. The van der Waals surface area contributed by atoms with Gasteiger partial charge in [0, 0.05) is 10.4 Å². The summed E-state index contributed by atoms with van der Waals surface area (Å²) in [5.41, 5.74) is 1.13. The molecule has 0 spiro atoms. The van der Waals surface area contributed by atoms with Gasteiger partial charge in [0.25, 0.3) is 0 Å². The lowest BCUT2D eigenvalue weighted by Gasteiger charge is -2.11. The number of benzene rings is 1. The Morgan fingerprint density at radius 3 is 2.06 bits per heavy atom. The number of halogens is 1. The molecule has 0 aliphatic rings. The number of Topliss-reactive ketones (excluding diaryl/α,β-unsaturated/α-hetero) is 1. The molecule has 0 bridgehead atoms. The van der Waals surface area contributed by atoms with Gasteiger partial charge < -0.3 is 0 Å². The zero-order chi connectivity index (χ0) is 22.2. The third-order valence-electron chi connectivity index (χ3n) is 5.88. The minimum atomic E-state index is -0.0334. The molecule has 0 aliphatic heterocycles. The van der Waals surface area contributed by atoms with Crippen molar-refractivity contribution in [2.75, 3.05) is 0 Å². The van der Waals surface area contributed by atoms with Gasteiger partial charge in [-0.05, 0) is 29.5 Å². The number of carbonyl (C=O) groups is 1. The van der Waals surface area contributed by atoms with Crippen molar-refractivity contribution in [2.45, 2.75) is 90.4 Å². The van der Waals surface area contributed by atoms with Gasteiger partial charge in [0.2, 0.25) is 0 Å². The van der Waals surface area contributed by atoms with Crippen molar-refractivity contribution in [3.05, 3.63) is 62.8 Å². The highest BCUT2D eigenvalue weighted by molar-refractivity contribution is 9.10. The molecule has 0 saturated carbocycles. The first-order chi connectivity index (χ1) is 15.2. The van der Waals surface area contributed by atoms with Gasteiger partial charge in [0.05, 0.1) is 4.88 Å². The average molecular weight is 504 g/mol. The number of thiophene rings is 1. The van der Waals surface area contributed by atoms with E-state index < -0.39 is 0 Å². The van der Waals surface area contributed by atoms with Crippen molar-refractivity contribution in [3.63, 3.8) is 0 Å². The highest BCUT2D eigenvalue weighted by Gasteiger charge is 2.18. The predicted octanol–water partition coefficient (Wildman–Crippen LogP) is 10.1. The normalized spacial score (nSPS) is 12.5. The van der Waals surface area contributed by atoms with Crippen LogP contribution < -0.4 is 0 Å². The summed E-state index contributed by atoms with van der Waals surface area (Å²) >= 11 is 5.15. The summed E-state index contributed by atoms with van der Waals surface area (Å²) in [5, 5.41) is 1.99. The largest absolute Gasteiger partial charge is 0.293 e. The zero-order valence-corrected chi connectivity index (χ0v) is 21.6. The average Bonchev–Trinajstić information content (AvgIpc) is 3.32. The van der Waals surface area contributed by atoms with Gasteiger partial charge in [-0.25, -0.2) is 0 Å². The lowest BCUT2D eigenvalue weighted by molar-refractivity contribution is 0.0943. The second-order valence-corrected chi connectivity index (χ2v) is 10.3. The Morgan fingerprint density at radius 2 is 1.48 bits per heavy atom. The highest BCUT2D eigenvalue weighted by Crippen LogP contribution is 2.24. The van der Waals surface area contributed by atoms with Gasteiger partial charge in [0.15, 0.2) is 5.78 Å². The molecule has 1 atom stereocenters. The summed E-state index contributed by atoms with van der Waals surface area (Å²) < 4.78 is 1.07. The Bertz CT molecular complexity index is 750. The molecule has 2 rings (SSSR count). The Kier molecular flexibility index (Phi) is 13.8. The first kappa shape index (κ1) is 26.1. The maximum atomic E-state index is 13.0.